The van der Waals surface area contributed by atoms with E-state index in [2.05, 4.69) is 10.3 Å². The molecule has 23 heavy (non-hydrogen) atoms. The molecular formula is C17H23N3O3. The van der Waals surface area contributed by atoms with Gasteiger partial charge < -0.3 is 20.1 Å². The molecule has 1 aromatic heterocycles. The average Bonchev–Trinajstić information content (AvgIpc) is 2.89. The highest BCUT2D eigenvalue weighted by atomic mass is 16.3. The molecule has 3 N–H and O–H groups in total. The SMILES string of the molecule is C[C@H](O)c1nc2ccccc2n1CC(=O)C[C@H]1NCCC[C@@H]1O. The van der Waals surface area contributed by atoms with E-state index < -0.39 is 12.2 Å². The molecule has 6 nitrogen and oxygen atoms in total. The normalized spacial score (nSPS) is 23.1. The molecule has 124 valence electrons. The summed E-state index contributed by atoms with van der Waals surface area (Å²) in [6.45, 7) is 2.64. The van der Waals surface area contributed by atoms with E-state index in [9.17, 15) is 15.0 Å². The summed E-state index contributed by atoms with van der Waals surface area (Å²) in [6, 6.07) is 7.36. The second-order valence-corrected chi connectivity index (χ2v) is 6.23. The smallest absolute Gasteiger partial charge is 0.154 e. The number of piperidine rings is 1. The van der Waals surface area contributed by atoms with Crippen molar-refractivity contribution in [2.75, 3.05) is 6.54 Å². The maximum atomic E-state index is 12.5. The minimum Gasteiger partial charge on any atom is -0.391 e. The zero-order valence-corrected chi connectivity index (χ0v) is 13.3. The summed E-state index contributed by atoms with van der Waals surface area (Å²) in [5.41, 5.74) is 1.61. The summed E-state index contributed by atoms with van der Waals surface area (Å²) in [4.78, 5) is 16.9. The molecule has 1 aliphatic heterocycles. The fourth-order valence-electron chi connectivity index (χ4n) is 3.21. The van der Waals surface area contributed by atoms with Crippen LogP contribution in [0.15, 0.2) is 24.3 Å². The van der Waals surface area contributed by atoms with Gasteiger partial charge in [0, 0.05) is 12.5 Å². The van der Waals surface area contributed by atoms with Crippen molar-refractivity contribution in [2.45, 2.75) is 51.0 Å². The molecule has 1 fully saturated rings. The molecule has 0 bridgehead atoms. The third-order valence-corrected chi connectivity index (χ3v) is 4.39. The van der Waals surface area contributed by atoms with Crippen molar-refractivity contribution < 1.29 is 15.0 Å². The highest BCUT2D eigenvalue weighted by Crippen LogP contribution is 2.21. The molecule has 0 amide bonds. The number of carbonyl (C=O) groups excluding carboxylic acids is 1. The fourth-order valence-corrected chi connectivity index (χ4v) is 3.21. The molecule has 1 aliphatic rings. The van der Waals surface area contributed by atoms with Crippen LogP contribution in [0.1, 0.15) is 38.1 Å². The van der Waals surface area contributed by atoms with Gasteiger partial charge in [0.2, 0.25) is 0 Å². The predicted molar refractivity (Wildman–Crippen MR) is 87.0 cm³/mol. The summed E-state index contributed by atoms with van der Waals surface area (Å²) < 4.78 is 1.78. The number of aliphatic hydroxyl groups excluding tert-OH is 2. The Bertz CT molecular complexity index is 695. The van der Waals surface area contributed by atoms with Gasteiger partial charge in [-0.05, 0) is 38.4 Å². The quantitative estimate of drug-likeness (QED) is 0.770. The van der Waals surface area contributed by atoms with Crippen molar-refractivity contribution in [3.8, 4) is 0 Å². The first-order valence-corrected chi connectivity index (χ1v) is 8.12. The molecule has 2 heterocycles. The second-order valence-electron chi connectivity index (χ2n) is 6.23. The number of aromatic nitrogens is 2. The number of benzene rings is 1. The van der Waals surface area contributed by atoms with Gasteiger partial charge in [-0.15, -0.1) is 0 Å². The van der Waals surface area contributed by atoms with Crippen LogP contribution in [0.5, 0.6) is 0 Å². The van der Waals surface area contributed by atoms with Crippen molar-refractivity contribution in [3.63, 3.8) is 0 Å². The van der Waals surface area contributed by atoms with Crippen LogP contribution in [0.2, 0.25) is 0 Å². The molecule has 1 aromatic carbocycles. The lowest BCUT2D eigenvalue weighted by Crippen LogP contribution is -2.46. The van der Waals surface area contributed by atoms with E-state index in [0.717, 1.165) is 30.4 Å². The average molecular weight is 317 g/mol. The molecular weight excluding hydrogens is 294 g/mol. The Morgan fingerprint density at radius 3 is 3.00 bits per heavy atom. The van der Waals surface area contributed by atoms with E-state index in [0.29, 0.717) is 5.82 Å². The number of nitrogens with one attached hydrogen (secondary N) is 1. The monoisotopic (exact) mass is 317 g/mol. The minimum absolute atomic E-state index is 0.0218. The molecule has 0 unspecified atom stereocenters. The van der Waals surface area contributed by atoms with E-state index in [1.54, 1.807) is 11.5 Å². The summed E-state index contributed by atoms with van der Waals surface area (Å²) in [5, 5.41) is 23.1. The van der Waals surface area contributed by atoms with Crippen molar-refractivity contribution in [2.24, 2.45) is 0 Å². The molecule has 0 aliphatic carbocycles. The Balaban J connectivity index is 1.80. The maximum absolute atomic E-state index is 12.5. The Labute approximate surface area is 135 Å². The van der Waals surface area contributed by atoms with Crippen molar-refractivity contribution in [1.82, 2.24) is 14.9 Å². The molecule has 0 saturated carbocycles. The molecule has 2 aromatic rings. The Morgan fingerprint density at radius 1 is 1.48 bits per heavy atom. The number of nitrogens with zero attached hydrogens (tertiary/aromatic N) is 2. The first kappa shape index (κ1) is 16.1. The van der Waals surface area contributed by atoms with Crippen LogP contribution in [-0.2, 0) is 11.3 Å². The lowest BCUT2D eigenvalue weighted by atomic mass is 9.97. The Morgan fingerprint density at radius 2 is 2.26 bits per heavy atom. The van der Waals surface area contributed by atoms with Gasteiger partial charge in [0.25, 0.3) is 0 Å². The standard InChI is InChI=1S/C17H23N3O3/c1-11(21)17-19-13-5-2-3-6-15(13)20(17)10-12(22)9-14-16(23)7-4-8-18-14/h2-3,5-6,11,14,16,18,21,23H,4,7-10H2,1H3/t11-,14+,16-/m0/s1. The zero-order chi connectivity index (χ0) is 16.4. The van der Waals surface area contributed by atoms with Crippen molar-refractivity contribution >= 4 is 16.8 Å². The van der Waals surface area contributed by atoms with Crippen LogP contribution in [0.25, 0.3) is 11.0 Å². The summed E-state index contributed by atoms with van der Waals surface area (Å²) in [5.74, 6) is 0.519. The first-order valence-electron chi connectivity index (χ1n) is 8.12. The van der Waals surface area contributed by atoms with Crippen LogP contribution in [0.3, 0.4) is 0 Å². The highest BCUT2D eigenvalue weighted by Gasteiger charge is 2.25. The van der Waals surface area contributed by atoms with Gasteiger partial charge in [-0.3, -0.25) is 4.79 Å². The summed E-state index contributed by atoms with van der Waals surface area (Å²) in [6.07, 6.45) is 0.742. The topological polar surface area (TPSA) is 87.4 Å². The number of fused-ring (bicyclic) bond motifs is 1. The number of Topliss-reactive ketones (excluding diaryl/α,β-unsaturated/α-hetero) is 1. The number of rotatable bonds is 5. The van der Waals surface area contributed by atoms with Crippen LogP contribution in [0, 0.1) is 0 Å². The molecule has 0 radical (unpaired) electrons. The minimum atomic E-state index is -0.742. The van der Waals surface area contributed by atoms with Gasteiger partial charge >= 0.3 is 0 Å². The lowest BCUT2D eigenvalue weighted by Gasteiger charge is -2.28. The van der Waals surface area contributed by atoms with Crippen molar-refractivity contribution in [3.05, 3.63) is 30.1 Å². The Hall–Kier alpha value is -1.76. The number of ketones is 1. The number of carbonyl (C=O) groups is 1. The zero-order valence-electron chi connectivity index (χ0n) is 13.3. The number of imidazole rings is 1. The van der Waals surface area contributed by atoms with Crippen LogP contribution in [0.4, 0.5) is 0 Å². The van der Waals surface area contributed by atoms with Gasteiger partial charge in [-0.25, -0.2) is 4.98 Å². The molecule has 0 spiro atoms. The third kappa shape index (κ3) is 3.44. The molecule has 6 heteroatoms. The number of hydrogen-bond donors (Lipinski definition) is 3. The highest BCUT2D eigenvalue weighted by molar-refractivity contribution is 5.82. The van der Waals surface area contributed by atoms with Crippen LogP contribution >= 0.6 is 0 Å². The molecule has 3 atom stereocenters. The van der Waals surface area contributed by atoms with Gasteiger partial charge in [0.1, 0.15) is 11.9 Å². The summed E-state index contributed by atoms with van der Waals surface area (Å²) in [7, 11) is 0. The van der Waals surface area contributed by atoms with Gasteiger partial charge in [0.05, 0.1) is 23.7 Å². The predicted octanol–water partition coefficient (Wildman–Crippen LogP) is 1.16. The maximum Gasteiger partial charge on any atom is 0.154 e. The van der Waals surface area contributed by atoms with E-state index in [1.807, 2.05) is 24.3 Å². The van der Waals surface area contributed by atoms with Gasteiger partial charge in [-0.1, -0.05) is 12.1 Å². The van der Waals surface area contributed by atoms with E-state index in [-0.39, 0.29) is 24.8 Å². The van der Waals surface area contributed by atoms with Gasteiger partial charge in [0.15, 0.2) is 5.78 Å². The van der Waals surface area contributed by atoms with Crippen molar-refractivity contribution in [1.29, 1.82) is 0 Å². The first-order chi connectivity index (χ1) is 11.1. The van der Waals surface area contributed by atoms with E-state index in [1.165, 1.54) is 0 Å². The largest absolute Gasteiger partial charge is 0.391 e. The number of hydrogen-bond acceptors (Lipinski definition) is 5. The second kappa shape index (κ2) is 6.78. The third-order valence-electron chi connectivity index (χ3n) is 4.39. The van der Waals surface area contributed by atoms with Crippen LogP contribution < -0.4 is 5.32 Å². The van der Waals surface area contributed by atoms with Crippen LogP contribution in [-0.4, -0.2) is 44.2 Å². The lowest BCUT2D eigenvalue weighted by molar-refractivity contribution is -0.121. The Kier molecular flexibility index (Phi) is 4.75. The number of para-hydroxylation sites is 2. The van der Waals surface area contributed by atoms with E-state index >= 15 is 0 Å². The fraction of sp³-hybridized carbons (Fsp3) is 0.529. The molecule has 1 saturated heterocycles. The summed E-state index contributed by atoms with van der Waals surface area (Å²) >= 11 is 0. The number of aliphatic hydroxyl groups is 2. The van der Waals surface area contributed by atoms with Gasteiger partial charge in [-0.2, -0.15) is 0 Å². The van der Waals surface area contributed by atoms with E-state index in [4.69, 9.17) is 0 Å². The molecule has 3 rings (SSSR count).